The quantitative estimate of drug-likeness (QED) is 0.321. The predicted molar refractivity (Wildman–Crippen MR) is 141 cm³/mol. The number of hydrogen-bond donors (Lipinski definition) is 1. The highest BCUT2D eigenvalue weighted by atomic mass is 35.5. The molecule has 0 bridgehead atoms. The van der Waals surface area contributed by atoms with Crippen molar-refractivity contribution in [1.82, 2.24) is 14.8 Å². The fourth-order valence-corrected chi connectivity index (χ4v) is 6.71. The summed E-state index contributed by atoms with van der Waals surface area (Å²) in [5, 5.41) is 23.4. The Hall–Kier alpha value is -2.25. The maximum atomic E-state index is 12.7. The molecule has 0 radical (unpaired) electrons. The first-order valence-corrected chi connectivity index (χ1v) is 13.9. The molecule has 0 fully saturated rings. The lowest BCUT2D eigenvalue weighted by Gasteiger charge is -2.17. The average Bonchev–Trinajstić information content (AvgIpc) is 3.39. The molecule has 3 aromatic rings. The van der Waals surface area contributed by atoms with E-state index in [4.69, 9.17) is 27.9 Å². The number of thioether (sulfide) groups is 1. The molecule has 4 rings (SSSR count). The lowest BCUT2D eigenvalue weighted by Crippen LogP contribution is -2.15. The minimum atomic E-state index is -0.415. The van der Waals surface area contributed by atoms with Gasteiger partial charge in [0.15, 0.2) is 17.1 Å². The highest BCUT2D eigenvalue weighted by molar-refractivity contribution is 7.99. The van der Waals surface area contributed by atoms with Gasteiger partial charge in [-0.25, -0.2) is 0 Å². The van der Waals surface area contributed by atoms with Gasteiger partial charge in [0.2, 0.25) is 5.91 Å². The number of nitrogens with zero attached hydrogens (tertiary/aromatic N) is 4. The van der Waals surface area contributed by atoms with E-state index in [0.29, 0.717) is 49.8 Å². The van der Waals surface area contributed by atoms with E-state index >= 15 is 0 Å². The second-order valence-electron chi connectivity index (χ2n) is 8.42. The highest BCUT2D eigenvalue weighted by Gasteiger charge is 2.25. The summed E-state index contributed by atoms with van der Waals surface area (Å²) in [6, 6.07) is 7.34. The predicted octanol–water partition coefficient (Wildman–Crippen LogP) is 6.53. The molecule has 2 unspecified atom stereocenters. The number of nitrogens with one attached hydrogen (secondary N) is 1. The summed E-state index contributed by atoms with van der Waals surface area (Å²) in [4.78, 5) is 14.0. The summed E-state index contributed by atoms with van der Waals surface area (Å²) in [7, 11) is 0. The van der Waals surface area contributed by atoms with Crippen molar-refractivity contribution in [2.24, 2.45) is 5.92 Å². The average molecular weight is 551 g/mol. The van der Waals surface area contributed by atoms with Crippen LogP contribution in [0.1, 0.15) is 55.1 Å². The number of rotatable bonds is 8. The molecule has 11 heteroatoms. The normalized spacial score (nSPS) is 15.8. The third-order valence-corrected chi connectivity index (χ3v) is 8.50. The molecule has 0 spiro atoms. The van der Waals surface area contributed by atoms with Crippen molar-refractivity contribution in [2.45, 2.75) is 57.8 Å². The first-order chi connectivity index (χ1) is 16.8. The molecule has 1 N–H and O–H groups in total. The number of amides is 1. The molecule has 35 heavy (non-hydrogen) atoms. The van der Waals surface area contributed by atoms with Crippen LogP contribution in [0.15, 0.2) is 23.4 Å². The molecule has 1 aromatic carbocycles. The van der Waals surface area contributed by atoms with Crippen LogP contribution < -0.4 is 10.1 Å². The standard InChI is InChI=1S/C24H25Cl2N5O2S2/c1-4-31-22(14(3)33-19-8-6-15(25)10-18(19)26)29-30-24(31)34-12-21(32)28-23-17(11-27)16-7-5-13(2)9-20(16)35-23/h6,8,10,13-14H,4-5,7,9,12H2,1-3H3,(H,28,32). The zero-order chi connectivity index (χ0) is 25.1. The summed E-state index contributed by atoms with van der Waals surface area (Å²) in [5.74, 6) is 1.71. The minimum absolute atomic E-state index is 0.153. The third kappa shape index (κ3) is 5.78. The largest absolute Gasteiger partial charge is 0.481 e. The maximum Gasteiger partial charge on any atom is 0.235 e. The zero-order valence-electron chi connectivity index (χ0n) is 19.6. The molecule has 2 heterocycles. The smallest absolute Gasteiger partial charge is 0.235 e. The number of fused-ring (bicyclic) bond motifs is 1. The Bertz CT molecular complexity index is 1280. The summed E-state index contributed by atoms with van der Waals surface area (Å²) in [5.41, 5.74) is 1.71. The Balaban J connectivity index is 1.41. The second-order valence-corrected chi connectivity index (χ2v) is 11.3. The van der Waals surface area contributed by atoms with Gasteiger partial charge < -0.3 is 14.6 Å². The van der Waals surface area contributed by atoms with Crippen LogP contribution in [0.5, 0.6) is 5.75 Å². The molecule has 1 aliphatic carbocycles. The lowest BCUT2D eigenvalue weighted by molar-refractivity contribution is -0.113. The first kappa shape index (κ1) is 25.8. The van der Waals surface area contributed by atoms with Gasteiger partial charge in [0.1, 0.15) is 16.8 Å². The van der Waals surface area contributed by atoms with Gasteiger partial charge in [0.25, 0.3) is 0 Å². The Morgan fingerprint density at radius 3 is 2.94 bits per heavy atom. The van der Waals surface area contributed by atoms with Gasteiger partial charge in [0, 0.05) is 16.4 Å². The van der Waals surface area contributed by atoms with Crippen LogP contribution in [0.25, 0.3) is 0 Å². The number of aromatic nitrogens is 3. The summed E-state index contributed by atoms with van der Waals surface area (Å²) < 4.78 is 7.90. The number of nitriles is 1. The number of hydrogen-bond acceptors (Lipinski definition) is 7. The molecular weight excluding hydrogens is 525 g/mol. The molecule has 1 amide bonds. The van der Waals surface area contributed by atoms with E-state index in [0.717, 1.165) is 24.8 Å². The van der Waals surface area contributed by atoms with Crippen molar-refractivity contribution in [3.8, 4) is 11.8 Å². The van der Waals surface area contributed by atoms with Crippen molar-refractivity contribution >= 4 is 57.2 Å². The molecule has 2 atom stereocenters. The van der Waals surface area contributed by atoms with Crippen LogP contribution in [-0.4, -0.2) is 26.4 Å². The molecular formula is C24H25Cl2N5O2S2. The third-order valence-electron chi connectivity index (χ3n) is 5.83. The summed E-state index contributed by atoms with van der Waals surface area (Å²) >= 11 is 15.0. The van der Waals surface area contributed by atoms with Gasteiger partial charge in [-0.15, -0.1) is 21.5 Å². The Morgan fingerprint density at radius 2 is 2.23 bits per heavy atom. The van der Waals surface area contributed by atoms with Gasteiger partial charge in [-0.3, -0.25) is 4.79 Å². The molecule has 7 nitrogen and oxygen atoms in total. The van der Waals surface area contributed by atoms with Crippen LogP contribution >= 0.6 is 46.3 Å². The van der Waals surface area contributed by atoms with Crippen LogP contribution in [0.2, 0.25) is 10.0 Å². The topological polar surface area (TPSA) is 92.8 Å². The van der Waals surface area contributed by atoms with Crippen LogP contribution in [-0.2, 0) is 24.2 Å². The number of carbonyl (C=O) groups is 1. The second kappa shape index (κ2) is 11.2. The van der Waals surface area contributed by atoms with Crippen molar-refractivity contribution in [3.05, 3.63) is 50.1 Å². The van der Waals surface area contributed by atoms with Crippen molar-refractivity contribution < 1.29 is 9.53 Å². The first-order valence-electron chi connectivity index (χ1n) is 11.3. The Labute approximate surface area is 222 Å². The van der Waals surface area contributed by atoms with Gasteiger partial charge in [-0.1, -0.05) is 41.9 Å². The monoisotopic (exact) mass is 549 g/mol. The van der Waals surface area contributed by atoms with E-state index in [1.54, 1.807) is 18.2 Å². The van der Waals surface area contributed by atoms with Gasteiger partial charge in [-0.05, 0) is 62.8 Å². The van der Waals surface area contributed by atoms with Crippen LogP contribution in [0, 0.1) is 17.2 Å². The molecule has 184 valence electrons. The zero-order valence-corrected chi connectivity index (χ0v) is 22.7. The number of carbonyl (C=O) groups excluding carboxylic acids is 1. The minimum Gasteiger partial charge on any atom is -0.481 e. The number of ether oxygens (including phenoxy) is 1. The number of halogens is 2. The van der Waals surface area contributed by atoms with Crippen molar-refractivity contribution in [3.63, 3.8) is 0 Å². The van der Waals surface area contributed by atoms with E-state index in [9.17, 15) is 10.1 Å². The fourth-order valence-electron chi connectivity index (χ4n) is 4.07. The number of anilines is 1. The lowest BCUT2D eigenvalue weighted by atomic mass is 9.89. The molecule has 2 aromatic heterocycles. The van der Waals surface area contributed by atoms with Gasteiger partial charge >= 0.3 is 0 Å². The SMILES string of the molecule is CCn1c(SCC(=O)Nc2sc3c(c2C#N)CCC(C)C3)nnc1C(C)Oc1ccc(Cl)cc1Cl. The maximum absolute atomic E-state index is 12.7. The highest BCUT2D eigenvalue weighted by Crippen LogP contribution is 2.39. The van der Waals surface area contributed by atoms with Gasteiger partial charge in [0.05, 0.1) is 16.3 Å². The van der Waals surface area contributed by atoms with Crippen molar-refractivity contribution in [1.29, 1.82) is 5.26 Å². The van der Waals surface area contributed by atoms with E-state index < -0.39 is 6.10 Å². The Morgan fingerprint density at radius 1 is 1.43 bits per heavy atom. The summed E-state index contributed by atoms with van der Waals surface area (Å²) in [6.45, 7) is 6.68. The molecule has 0 aliphatic heterocycles. The van der Waals surface area contributed by atoms with E-state index in [1.807, 2.05) is 18.4 Å². The number of thiophene rings is 1. The van der Waals surface area contributed by atoms with Gasteiger partial charge in [-0.2, -0.15) is 5.26 Å². The molecule has 1 aliphatic rings. The fraction of sp³-hybridized carbons (Fsp3) is 0.417. The van der Waals surface area contributed by atoms with E-state index in [2.05, 4.69) is 28.5 Å². The van der Waals surface area contributed by atoms with Crippen LogP contribution in [0.4, 0.5) is 5.00 Å². The van der Waals surface area contributed by atoms with Crippen LogP contribution in [0.3, 0.4) is 0 Å². The van der Waals surface area contributed by atoms with E-state index in [-0.39, 0.29) is 11.7 Å². The number of benzene rings is 1. The Kier molecular flexibility index (Phi) is 8.27. The van der Waals surface area contributed by atoms with E-state index in [1.165, 1.54) is 28.0 Å². The summed E-state index contributed by atoms with van der Waals surface area (Å²) in [6.07, 6.45) is 2.51. The molecule has 0 saturated carbocycles. The van der Waals surface area contributed by atoms with Crippen molar-refractivity contribution in [2.75, 3.05) is 11.1 Å². The molecule has 0 saturated heterocycles.